The molecule has 1 amide bonds. The summed E-state index contributed by atoms with van der Waals surface area (Å²) in [4.78, 5) is 57.1. The normalized spacial score (nSPS) is 13.4. The molecule has 4 aromatic rings. The minimum atomic E-state index is -0.618. The van der Waals surface area contributed by atoms with Gasteiger partial charge in [-0.05, 0) is 56.5 Å². The zero-order valence-corrected chi connectivity index (χ0v) is 22.5. The summed E-state index contributed by atoms with van der Waals surface area (Å²) >= 11 is 0. The predicted molar refractivity (Wildman–Crippen MR) is 149 cm³/mol. The molecule has 0 radical (unpaired) electrons. The van der Waals surface area contributed by atoms with Crippen LogP contribution in [0.25, 0.3) is 11.0 Å². The molecule has 0 aromatic carbocycles. The van der Waals surface area contributed by atoms with Gasteiger partial charge >= 0.3 is 0 Å². The highest BCUT2D eigenvalue weighted by Gasteiger charge is 2.26. The van der Waals surface area contributed by atoms with Gasteiger partial charge in [0.15, 0.2) is 5.78 Å². The van der Waals surface area contributed by atoms with E-state index in [0.717, 1.165) is 37.1 Å². The Kier molecular flexibility index (Phi) is 7.52. The van der Waals surface area contributed by atoms with Crippen molar-refractivity contribution in [2.24, 2.45) is 0 Å². The highest BCUT2D eigenvalue weighted by molar-refractivity contribution is 5.99. The summed E-state index contributed by atoms with van der Waals surface area (Å²) < 4.78 is 1.68. The molecule has 4 heterocycles. The summed E-state index contributed by atoms with van der Waals surface area (Å²) in [6.07, 6.45) is 8.57. The number of ketones is 1. The number of hydroxylamine groups is 1. The Hall–Kier alpha value is -4.71. The number of carbonyl (C=O) groups is 2. The molecule has 206 valence electrons. The van der Waals surface area contributed by atoms with Crippen molar-refractivity contribution in [2.45, 2.75) is 52.1 Å². The molecule has 3 N–H and O–H groups in total. The first-order valence-corrected chi connectivity index (χ1v) is 13.0. The van der Waals surface area contributed by atoms with Crippen molar-refractivity contribution < 1.29 is 14.8 Å². The van der Waals surface area contributed by atoms with Gasteiger partial charge in [-0.2, -0.15) is 4.98 Å². The Labute approximate surface area is 230 Å². The highest BCUT2D eigenvalue weighted by atomic mass is 16.5. The van der Waals surface area contributed by atoms with E-state index in [1.807, 2.05) is 18.0 Å². The molecule has 12 nitrogen and oxygen atoms in total. The SMILES string of the molecule is CC(=O)c1c(C)c2cnc(Nc3ccc(N(C)Cc4ccc(C(=O)NO)cn4)cn3)nc2n(C2CCCC2)c1=O. The van der Waals surface area contributed by atoms with E-state index < -0.39 is 5.91 Å². The zero-order valence-electron chi connectivity index (χ0n) is 22.5. The Morgan fingerprint density at radius 1 is 1.07 bits per heavy atom. The van der Waals surface area contributed by atoms with Crippen LogP contribution in [0.5, 0.6) is 0 Å². The maximum atomic E-state index is 13.4. The van der Waals surface area contributed by atoms with Crippen LogP contribution >= 0.6 is 0 Å². The largest absolute Gasteiger partial charge is 0.367 e. The van der Waals surface area contributed by atoms with Gasteiger partial charge in [0.1, 0.15) is 11.5 Å². The molecular weight excluding hydrogens is 512 g/mol. The molecule has 0 saturated heterocycles. The molecule has 1 aliphatic rings. The third-order valence-corrected chi connectivity index (χ3v) is 7.27. The van der Waals surface area contributed by atoms with E-state index in [4.69, 9.17) is 10.2 Å². The van der Waals surface area contributed by atoms with Crippen LogP contribution in [-0.2, 0) is 6.54 Å². The highest BCUT2D eigenvalue weighted by Crippen LogP contribution is 2.32. The van der Waals surface area contributed by atoms with Crippen molar-refractivity contribution in [1.29, 1.82) is 0 Å². The number of aryl methyl sites for hydroxylation is 1. The van der Waals surface area contributed by atoms with Gasteiger partial charge in [-0.3, -0.25) is 29.1 Å². The number of rotatable bonds is 8. The van der Waals surface area contributed by atoms with Crippen molar-refractivity contribution >= 4 is 40.2 Å². The lowest BCUT2D eigenvalue weighted by Gasteiger charge is -2.20. The van der Waals surface area contributed by atoms with Gasteiger partial charge in [-0.1, -0.05) is 12.8 Å². The number of hydrogen-bond acceptors (Lipinski definition) is 10. The van der Waals surface area contributed by atoms with Crippen molar-refractivity contribution in [2.75, 3.05) is 17.3 Å². The summed E-state index contributed by atoms with van der Waals surface area (Å²) in [5.74, 6) is -0.0402. The van der Waals surface area contributed by atoms with Crippen LogP contribution in [0.2, 0.25) is 0 Å². The average molecular weight is 543 g/mol. The molecule has 1 fully saturated rings. The van der Waals surface area contributed by atoms with Crippen molar-refractivity contribution in [3.8, 4) is 0 Å². The topological polar surface area (TPSA) is 155 Å². The monoisotopic (exact) mass is 542 g/mol. The third kappa shape index (κ3) is 5.25. The van der Waals surface area contributed by atoms with Crippen molar-refractivity contribution in [1.82, 2.24) is 30.0 Å². The van der Waals surface area contributed by atoms with Gasteiger partial charge in [0.25, 0.3) is 11.5 Å². The van der Waals surface area contributed by atoms with E-state index in [9.17, 15) is 14.4 Å². The first-order chi connectivity index (χ1) is 19.3. The van der Waals surface area contributed by atoms with Crippen LogP contribution in [0.1, 0.15) is 70.6 Å². The molecule has 0 atom stereocenters. The van der Waals surface area contributed by atoms with Gasteiger partial charge < -0.3 is 10.2 Å². The molecular formula is C28H30N8O4. The number of amides is 1. The molecule has 12 heteroatoms. The molecule has 0 spiro atoms. The van der Waals surface area contributed by atoms with Crippen molar-refractivity contribution in [3.05, 3.63) is 75.6 Å². The van der Waals surface area contributed by atoms with E-state index in [-0.39, 0.29) is 28.5 Å². The second-order valence-corrected chi connectivity index (χ2v) is 9.96. The van der Waals surface area contributed by atoms with E-state index in [1.54, 1.807) is 47.6 Å². The van der Waals surface area contributed by atoms with Gasteiger partial charge in [0, 0.05) is 30.9 Å². The molecule has 1 aliphatic carbocycles. The fraction of sp³-hybridized carbons (Fsp3) is 0.321. The third-order valence-electron chi connectivity index (χ3n) is 7.27. The standard InChI is InChI=1S/C28H30N8O4/c1-16-22-14-31-28(33-25(22)36(20-6-4-5-7-20)27(39)24(16)17(2)37)32-23-11-10-21(13-30-23)35(3)15-19-9-8-18(12-29-19)26(38)34-40/h8-14,20,40H,4-7,15H2,1-3H3,(H,34,38)(H,30,31,32,33). The lowest BCUT2D eigenvalue weighted by atomic mass is 10.0. The molecule has 4 aromatic heterocycles. The van der Waals surface area contributed by atoms with Crippen LogP contribution in [-0.4, -0.2) is 48.4 Å². The van der Waals surface area contributed by atoms with Crippen LogP contribution in [0.3, 0.4) is 0 Å². The molecule has 1 saturated carbocycles. The summed E-state index contributed by atoms with van der Waals surface area (Å²) in [6, 6.07) is 7.00. The Morgan fingerprint density at radius 2 is 1.85 bits per heavy atom. The quantitative estimate of drug-likeness (QED) is 0.170. The van der Waals surface area contributed by atoms with E-state index >= 15 is 0 Å². The van der Waals surface area contributed by atoms with E-state index in [2.05, 4.69) is 20.3 Å². The van der Waals surface area contributed by atoms with Crippen LogP contribution in [0.4, 0.5) is 17.5 Å². The number of carbonyl (C=O) groups excluding carboxylic acids is 2. The maximum absolute atomic E-state index is 13.4. The number of nitrogens with one attached hydrogen (secondary N) is 2. The van der Waals surface area contributed by atoms with E-state index in [0.29, 0.717) is 34.9 Å². The number of hydrogen-bond donors (Lipinski definition) is 3. The van der Waals surface area contributed by atoms with Crippen LogP contribution in [0, 0.1) is 6.92 Å². The molecule has 0 unspecified atom stereocenters. The summed E-state index contributed by atoms with van der Waals surface area (Å²) in [6.45, 7) is 3.66. The number of nitrogens with zero attached hydrogens (tertiary/aromatic N) is 6. The fourth-order valence-corrected chi connectivity index (χ4v) is 5.16. The first kappa shape index (κ1) is 26.9. The second-order valence-electron chi connectivity index (χ2n) is 9.96. The maximum Gasteiger partial charge on any atom is 0.276 e. The molecule has 40 heavy (non-hydrogen) atoms. The van der Waals surface area contributed by atoms with Gasteiger partial charge in [0.2, 0.25) is 5.95 Å². The van der Waals surface area contributed by atoms with E-state index in [1.165, 1.54) is 13.1 Å². The Bertz CT molecular complexity index is 1630. The number of anilines is 3. The predicted octanol–water partition coefficient (Wildman–Crippen LogP) is 3.71. The fourth-order valence-electron chi connectivity index (χ4n) is 5.16. The molecule has 0 aliphatic heterocycles. The summed E-state index contributed by atoms with van der Waals surface area (Å²) in [7, 11) is 1.90. The minimum absolute atomic E-state index is 0.00178. The molecule has 0 bridgehead atoms. The lowest BCUT2D eigenvalue weighted by molar-refractivity contribution is 0.0706. The number of Topliss-reactive ketones (excluding diaryl/α,β-unsaturated/α-hetero) is 1. The average Bonchev–Trinajstić information content (AvgIpc) is 3.48. The van der Waals surface area contributed by atoms with Crippen LogP contribution < -0.4 is 21.3 Å². The second kappa shape index (κ2) is 11.2. The number of aromatic nitrogens is 5. The summed E-state index contributed by atoms with van der Waals surface area (Å²) in [5.41, 5.74) is 4.44. The number of pyridine rings is 3. The van der Waals surface area contributed by atoms with Gasteiger partial charge in [0.05, 0.1) is 35.2 Å². The smallest absolute Gasteiger partial charge is 0.276 e. The Morgan fingerprint density at radius 3 is 2.48 bits per heavy atom. The van der Waals surface area contributed by atoms with Crippen molar-refractivity contribution in [3.63, 3.8) is 0 Å². The van der Waals surface area contributed by atoms with Crippen LogP contribution in [0.15, 0.2) is 47.7 Å². The first-order valence-electron chi connectivity index (χ1n) is 13.0. The lowest BCUT2D eigenvalue weighted by Crippen LogP contribution is -2.30. The minimum Gasteiger partial charge on any atom is -0.367 e. The van der Waals surface area contributed by atoms with Gasteiger partial charge in [-0.25, -0.2) is 15.4 Å². The summed E-state index contributed by atoms with van der Waals surface area (Å²) in [5, 5.41) is 12.5. The van der Waals surface area contributed by atoms with Gasteiger partial charge in [-0.15, -0.1) is 0 Å². The Balaban J connectivity index is 1.37. The molecule has 5 rings (SSSR count). The number of fused-ring (bicyclic) bond motifs is 1. The zero-order chi connectivity index (χ0) is 28.4.